The summed E-state index contributed by atoms with van der Waals surface area (Å²) in [6.07, 6.45) is 3.16. The van der Waals surface area contributed by atoms with Crippen LogP contribution < -0.4 is 4.74 Å². The van der Waals surface area contributed by atoms with Gasteiger partial charge in [-0.25, -0.2) is 17.4 Å². The lowest BCUT2D eigenvalue weighted by Gasteiger charge is -2.10. The largest absolute Gasteiger partial charge is 0.496 e. The fraction of sp³-hybridized carbons (Fsp3) is 0.0952. The van der Waals surface area contributed by atoms with E-state index >= 15 is 0 Å². The minimum absolute atomic E-state index is 0.232. The number of rotatable bonds is 4. The van der Waals surface area contributed by atoms with E-state index in [-0.39, 0.29) is 4.90 Å². The second-order valence-corrected chi connectivity index (χ2v) is 8.04. The van der Waals surface area contributed by atoms with Crippen molar-refractivity contribution in [2.45, 2.75) is 11.8 Å². The van der Waals surface area contributed by atoms with Gasteiger partial charge in [0, 0.05) is 23.3 Å². The molecule has 27 heavy (non-hydrogen) atoms. The van der Waals surface area contributed by atoms with Gasteiger partial charge in [0.1, 0.15) is 5.75 Å². The number of hydrogen-bond acceptors (Lipinski definition) is 4. The topological polar surface area (TPSA) is 61.2 Å². The van der Waals surface area contributed by atoms with Crippen molar-refractivity contribution in [3.63, 3.8) is 0 Å². The average molecular weight is 378 g/mol. The Hall–Kier alpha value is -3.12. The Bertz CT molecular complexity index is 1230. The number of para-hydroxylation sites is 1. The highest BCUT2D eigenvalue weighted by Crippen LogP contribution is 2.35. The third kappa shape index (κ3) is 2.88. The quantitative estimate of drug-likeness (QED) is 0.532. The van der Waals surface area contributed by atoms with Crippen molar-refractivity contribution in [2.24, 2.45) is 0 Å². The molecule has 2 heterocycles. The molecule has 0 aliphatic rings. The maximum Gasteiger partial charge on any atom is 0.269 e. The van der Waals surface area contributed by atoms with Crippen LogP contribution in [-0.4, -0.2) is 24.5 Å². The SMILES string of the molecule is COc1ccccc1-c1ccnc2c1ccn2S(=O)(=O)c1ccc(C)cc1. The minimum Gasteiger partial charge on any atom is -0.496 e. The summed E-state index contributed by atoms with van der Waals surface area (Å²) < 4.78 is 32.9. The fourth-order valence-corrected chi connectivity index (χ4v) is 4.44. The first-order chi connectivity index (χ1) is 13.0. The third-order valence-electron chi connectivity index (χ3n) is 4.53. The van der Waals surface area contributed by atoms with Gasteiger partial charge in [-0.05, 0) is 42.8 Å². The van der Waals surface area contributed by atoms with Crippen LogP contribution in [-0.2, 0) is 10.0 Å². The van der Waals surface area contributed by atoms with Gasteiger partial charge in [-0.3, -0.25) is 0 Å². The number of nitrogens with zero attached hydrogens (tertiary/aromatic N) is 2. The summed E-state index contributed by atoms with van der Waals surface area (Å²) in [5.74, 6) is 0.721. The molecule has 0 radical (unpaired) electrons. The summed E-state index contributed by atoms with van der Waals surface area (Å²) in [5, 5.41) is 0.748. The summed E-state index contributed by atoms with van der Waals surface area (Å²) in [4.78, 5) is 4.57. The van der Waals surface area contributed by atoms with Gasteiger partial charge in [-0.15, -0.1) is 0 Å². The lowest BCUT2D eigenvalue weighted by atomic mass is 10.0. The van der Waals surface area contributed by atoms with E-state index in [2.05, 4.69) is 4.98 Å². The van der Waals surface area contributed by atoms with E-state index in [1.54, 1.807) is 49.8 Å². The molecular formula is C21H18N2O3S. The summed E-state index contributed by atoms with van der Waals surface area (Å²) in [6, 6.07) is 18.1. The molecule has 0 saturated heterocycles. The van der Waals surface area contributed by atoms with E-state index in [9.17, 15) is 8.42 Å². The molecular weight excluding hydrogens is 360 g/mol. The molecule has 5 nitrogen and oxygen atoms in total. The normalized spacial score (nSPS) is 11.6. The van der Waals surface area contributed by atoms with E-state index in [0.29, 0.717) is 5.65 Å². The standard InChI is InChI=1S/C21H18N2O3S/c1-15-7-9-16(10-8-15)27(24,25)23-14-12-19-17(11-13-22-21(19)23)18-5-3-4-6-20(18)26-2/h3-14H,1-2H3. The summed E-state index contributed by atoms with van der Waals surface area (Å²) in [6.45, 7) is 1.92. The first-order valence-electron chi connectivity index (χ1n) is 8.44. The van der Waals surface area contributed by atoms with Gasteiger partial charge in [-0.2, -0.15) is 0 Å². The molecule has 136 valence electrons. The zero-order valence-corrected chi connectivity index (χ0v) is 15.8. The Morgan fingerprint density at radius 1 is 0.926 bits per heavy atom. The van der Waals surface area contributed by atoms with Crippen molar-refractivity contribution in [2.75, 3.05) is 7.11 Å². The highest BCUT2D eigenvalue weighted by molar-refractivity contribution is 7.90. The van der Waals surface area contributed by atoms with Crippen molar-refractivity contribution < 1.29 is 13.2 Å². The van der Waals surface area contributed by atoms with Crippen LogP contribution in [0.25, 0.3) is 22.2 Å². The first-order valence-corrected chi connectivity index (χ1v) is 9.88. The van der Waals surface area contributed by atoms with Gasteiger partial charge >= 0.3 is 0 Å². The molecule has 6 heteroatoms. The van der Waals surface area contributed by atoms with Crippen LogP contribution in [0.3, 0.4) is 0 Å². The highest BCUT2D eigenvalue weighted by Gasteiger charge is 2.21. The van der Waals surface area contributed by atoms with E-state index in [0.717, 1.165) is 27.8 Å². The van der Waals surface area contributed by atoms with Crippen LogP contribution in [0.2, 0.25) is 0 Å². The number of methoxy groups -OCH3 is 1. The van der Waals surface area contributed by atoms with Gasteiger partial charge in [0.15, 0.2) is 5.65 Å². The van der Waals surface area contributed by atoms with Gasteiger partial charge in [0.2, 0.25) is 0 Å². The number of hydrogen-bond donors (Lipinski definition) is 0. The van der Waals surface area contributed by atoms with E-state index in [4.69, 9.17) is 4.74 Å². The Labute approximate surface area is 157 Å². The zero-order chi connectivity index (χ0) is 19.0. The molecule has 2 aromatic carbocycles. The van der Waals surface area contributed by atoms with Gasteiger partial charge in [0.25, 0.3) is 10.0 Å². The van der Waals surface area contributed by atoms with Crippen molar-refractivity contribution in [3.8, 4) is 16.9 Å². The second kappa shape index (κ2) is 6.55. The molecule has 0 aliphatic carbocycles. The predicted molar refractivity (Wildman–Crippen MR) is 105 cm³/mol. The number of aryl methyl sites for hydroxylation is 1. The van der Waals surface area contributed by atoms with Gasteiger partial charge < -0.3 is 4.74 Å². The highest BCUT2D eigenvalue weighted by atomic mass is 32.2. The predicted octanol–water partition coefficient (Wildman–Crippen LogP) is 4.26. The number of benzene rings is 2. The summed E-state index contributed by atoms with van der Waals surface area (Å²) in [7, 11) is -2.12. The third-order valence-corrected chi connectivity index (χ3v) is 6.21. The molecule has 0 bridgehead atoms. The van der Waals surface area contributed by atoms with E-state index in [1.807, 2.05) is 37.3 Å². The van der Waals surface area contributed by atoms with Crippen LogP contribution in [0.5, 0.6) is 5.75 Å². The fourth-order valence-electron chi connectivity index (χ4n) is 3.13. The minimum atomic E-state index is -3.73. The molecule has 0 fully saturated rings. The average Bonchev–Trinajstić information content (AvgIpc) is 3.13. The van der Waals surface area contributed by atoms with Crippen molar-refractivity contribution >= 4 is 21.1 Å². The van der Waals surface area contributed by atoms with E-state index < -0.39 is 10.0 Å². The monoisotopic (exact) mass is 378 g/mol. The number of aromatic nitrogens is 2. The molecule has 0 spiro atoms. The van der Waals surface area contributed by atoms with Crippen LogP contribution in [0.4, 0.5) is 0 Å². The summed E-state index contributed by atoms with van der Waals surface area (Å²) in [5.41, 5.74) is 3.15. The number of fused-ring (bicyclic) bond motifs is 1. The zero-order valence-electron chi connectivity index (χ0n) is 15.0. The molecule has 0 unspecified atom stereocenters. The molecule has 4 aromatic rings. The lowest BCUT2D eigenvalue weighted by Crippen LogP contribution is -2.12. The summed E-state index contributed by atoms with van der Waals surface area (Å²) >= 11 is 0. The van der Waals surface area contributed by atoms with Crippen LogP contribution in [0, 0.1) is 6.92 Å². The molecule has 0 N–H and O–H groups in total. The molecule has 4 rings (SSSR count). The molecule has 0 aliphatic heterocycles. The van der Waals surface area contributed by atoms with Crippen molar-refractivity contribution in [3.05, 3.63) is 78.6 Å². The van der Waals surface area contributed by atoms with Gasteiger partial charge in [-0.1, -0.05) is 35.9 Å². The lowest BCUT2D eigenvalue weighted by molar-refractivity contribution is 0.416. The maximum absolute atomic E-state index is 13.1. The van der Waals surface area contributed by atoms with Crippen molar-refractivity contribution in [1.29, 1.82) is 0 Å². The second-order valence-electron chi connectivity index (χ2n) is 6.23. The number of ether oxygens (including phenoxy) is 1. The first kappa shape index (κ1) is 17.3. The molecule has 0 atom stereocenters. The van der Waals surface area contributed by atoms with Crippen LogP contribution in [0.15, 0.2) is 78.0 Å². The molecule has 0 amide bonds. The Morgan fingerprint density at radius 2 is 1.67 bits per heavy atom. The van der Waals surface area contributed by atoms with Gasteiger partial charge in [0.05, 0.1) is 12.0 Å². The van der Waals surface area contributed by atoms with Crippen molar-refractivity contribution in [1.82, 2.24) is 8.96 Å². The maximum atomic E-state index is 13.1. The van der Waals surface area contributed by atoms with Crippen LogP contribution >= 0.6 is 0 Å². The Kier molecular flexibility index (Phi) is 4.20. The Balaban J connectivity index is 1.92. The molecule has 0 saturated carbocycles. The molecule has 2 aromatic heterocycles. The Morgan fingerprint density at radius 3 is 2.41 bits per heavy atom. The van der Waals surface area contributed by atoms with E-state index in [1.165, 1.54) is 3.97 Å². The number of pyridine rings is 1. The smallest absolute Gasteiger partial charge is 0.269 e. The van der Waals surface area contributed by atoms with Crippen LogP contribution in [0.1, 0.15) is 5.56 Å².